The van der Waals surface area contributed by atoms with E-state index < -0.39 is 12.0 Å². The van der Waals surface area contributed by atoms with E-state index in [0.717, 1.165) is 10.8 Å². The summed E-state index contributed by atoms with van der Waals surface area (Å²) in [6, 6.07) is 12.6. The Morgan fingerprint density at radius 2 is 1.76 bits per heavy atom. The molecule has 3 rings (SSSR count). The van der Waals surface area contributed by atoms with Gasteiger partial charge < -0.3 is 15.3 Å². The van der Waals surface area contributed by atoms with Crippen LogP contribution in [-0.2, 0) is 9.59 Å². The summed E-state index contributed by atoms with van der Waals surface area (Å²) in [5.41, 5.74) is 0.675. The summed E-state index contributed by atoms with van der Waals surface area (Å²) in [5, 5.41) is 14.0. The summed E-state index contributed by atoms with van der Waals surface area (Å²) in [7, 11) is 0. The number of carbonyl (C=O) groups excluding carboxylic acids is 2. The molecule has 0 bridgehead atoms. The Morgan fingerprint density at radius 3 is 2.41 bits per heavy atom. The Hall–Kier alpha value is -2.89. The molecular weight excluding hydrogens is 368 g/mol. The minimum Gasteiger partial charge on any atom is -0.480 e. The number of rotatable bonds is 6. The van der Waals surface area contributed by atoms with Crippen LogP contribution in [0.5, 0.6) is 0 Å². The predicted octanol–water partition coefficient (Wildman–Crippen LogP) is 3.31. The third-order valence-electron chi connectivity index (χ3n) is 5.95. The van der Waals surface area contributed by atoms with Crippen molar-refractivity contribution in [3.63, 3.8) is 0 Å². The summed E-state index contributed by atoms with van der Waals surface area (Å²) in [5.74, 6) is -1.66. The van der Waals surface area contributed by atoms with Gasteiger partial charge in [0.05, 0.1) is 0 Å². The van der Waals surface area contributed by atoms with Gasteiger partial charge in [-0.2, -0.15) is 0 Å². The molecule has 1 saturated heterocycles. The number of carboxylic acids is 1. The fourth-order valence-corrected chi connectivity index (χ4v) is 3.88. The second kappa shape index (κ2) is 9.07. The topological polar surface area (TPSA) is 86.7 Å². The Kier molecular flexibility index (Phi) is 6.52. The maximum Gasteiger partial charge on any atom is 0.326 e. The van der Waals surface area contributed by atoms with Crippen molar-refractivity contribution in [3.05, 3.63) is 48.0 Å². The van der Waals surface area contributed by atoms with Crippen LogP contribution in [0.15, 0.2) is 42.5 Å². The first kappa shape index (κ1) is 20.8. The molecule has 2 aromatic carbocycles. The van der Waals surface area contributed by atoms with E-state index in [1.54, 1.807) is 4.90 Å². The molecule has 154 valence electrons. The molecule has 0 saturated carbocycles. The molecule has 6 heteroatoms. The molecule has 2 aromatic rings. The standard InChI is InChI=1S/C23H28N2O4/c1-3-15(2)20(23(28)29)24-21(26)17-11-13-25(14-12-17)22(27)19-10-6-8-16-7-4-5-9-18(16)19/h4-10,15,17,20H,3,11-14H2,1-2H3,(H,24,26)(H,28,29)/t15-,20-/m0/s1. The number of piperidine rings is 1. The summed E-state index contributed by atoms with van der Waals surface area (Å²) in [6.45, 7) is 4.71. The molecule has 0 aromatic heterocycles. The van der Waals surface area contributed by atoms with E-state index in [0.29, 0.717) is 37.9 Å². The first-order valence-electron chi connectivity index (χ1n) is 10.2. The Bertz CT molecular complexity index is 897. The maximum absolute atomic E-state index is 13.0. The second-order valence-corrected chi connectivity index (χ2v) is 7.80. The molecule has 0 spiro atoms. The first-order chi connectivity index (χ1) is 13.9. The number of carboxylic acid groups (broad SMARTS) is 1. The number of nitrogens with zero attached hydrogens (tertiary/aromatic N) is 1. The average molecular weight is 396 g/mol. The van der Waals surface area contributed by atoms with Crippen LogP contribution in [0.25, 0.3) is 10.8 Å². The average Bonchev–Trinajstić information content (AvgIpc) is 2.75. The molecule has 1 fully saturated rings. The van der Waals surface area contributed by atoms with Crippen LogP contribution >= 0.6 is 0 Å². The molecule has 2 N–H and O–H groups in total. The fraction of sp³-hybridized carbons (Fsp3) is 0.435. The SMILES string of the molecule is CC[C@H](C)[C@H](NC(=O)C1CCN(C(=O)c2cccc3ccccc23)CC1)C(=O)O. The monoisotopic (exact) mass is 396 g/mol. The van der Waals surface area contributed by atoms with Crippen LogP contribution in [0, 0.1) is 11.8 Å². The Labute approximate surface area is 170 Å². The van der Waals surface area contributed by atoms with Gasteiger partial charge in [0, 0.05) is 24.6 Å². The lowest BCUT2D eigenvalue weighted by atomic mass is 9.93. The lowest BCUT2D eigenvalue weighted by molar-refractivity contribution is -0.144. The van der Waals surface area contributed by atoms with Gasteiger partial charge in [-0.1, -0.05) is 56.7 Å². The van der Waals surface area contributed by atoms with Crippen molar-refractivity contribution in [2.75, 3.05) is 13.1 Å². The molecule has 29 heavy (non-hydrogen) atoms. The Balaban J connectivity index is 1.63. The predicted molar refractivity (Wildman–Crippen MR) is 112 cm³/mol. The fourth-order valence-electron chi connectivity index (χ4n) is 3.88. The highest BCUT2D eigenvalue weighted by Crippen LogP contribution is 2.24. The Morgan fingerprint density at radius 1 is 1.10 bits per heavy atom. The largest absolute Gasteiger partial charge is 0.480 e. The van der Waals surface area contributed by atoms with Gasteiger partial charge in [-0.3, -0.25) is 9.59 Å². The van der Waals surface area contributed by atoms with E-state index in [-0.39, 0.29) is 23.7 Å². The summed E-state index contributed by atoms with van der Waals surface area (Å²) < 4.78 is 0. The zero-order valence-corrected chi connectivity index (χ0v) is 16.9. The van der Waals surface area contributed by atoms with E-state index in [4.69, 9.17) is 0 Å². The summed E-state index contributed by atoms with van der Waals surface area (Å²) >= 11 is 0. The highest BCUT2D eigenvalue weighted by molar-refractivity contribution is 6.07. The van der Waals surface area contributed by atoms with Crippen molar-refractivity contribution in [1.29, 1.82) is 0 Å². The number of hydrogen-bond donors (Lipinski definition) is 2. The quantitative estimate of drug-likeness (QED) is 0.784. The van der Waals surface area contributed by atoms with Gasteiger partial charge in [0.1, 0.15) is 6.04 Å². The number of carbonyl (C=O) groups is 3. The number of hydrogen-bond acceptors (Lipinski definition) is 3. The van der Waals surface area contributed by atoms with Crippen molar-refractivity contribution in [2.45, 2.75) is 39.2 Å². The third-order valence-corrected chi connectivity index (χ3v) is 5.95. The highest BCUT2D eigenvalue weighted by atomic mass is 16.4. The molecule has 0 aliphatic carbocycles. The summed E-state index contributed by atoms with van der Waals surface area (Å²) in [4.78, 5) is 38.9. The molecule has 1 heterocycles. The van der Waals surface area contributed by atoms with Gasteiger partial charge in [-0.05, 0) is 35.6 Å². The smallest absolute Gasteiger partial charge is 0.326 e. The molecule has 6 nitrogen and oxygen atoms in total. The van der Waals surface area contributed by atoms with E-state index in [1.165, 1.54) is 0 Å². The van der Waals surface area contributed by atoms with Crippen LogP contribution in [-0.4, -0.2) is 46.9 Å². The molecule has 1 aliphatic heterocycles. The lowest BCUT2D eigenvalue weighted by Crippen LogP contribution is -2.49. The van der Waals surface area contributed by atoms with Gasteiger partial charge in [-0.25, -0.2) is 4.79 Å². The van der Waals surface area contributed by atoms with Crippen molar-refractivity contribution in [3.8, 4) is 0 Å². The zero-order chi connectivity index (χ0) is 21.0. The molecule has 0 radical (unpaired) electrons. The van der Waals surface area contributed by atoms with Gasteiger partial charge in [0.25, 0.3) is 5.91 Å². The maximum atomic E-state index is 13.0. The van der Waals surface area contributed by atoms with Gasteiger partial charge in [0.2, 0.25) is 5.91 Å². The van der Waals surface area contributed by atoms with Gasteiger partial charge in [-0.15, -0.1) is 0 Å². The number of likely N-dealkylation sites (tertiary alicyclic amines) is 1. The number of benzene rings is 2. The number of aliphatic carboxylic acids is 1. The number of fused-ring (bicyclic) bond motifs is 1. The number of nitrogens with one attached hydrogen (secondary N) is 1. The second-order valence-electron chi connectivity index (χ2n) is 7.80. The van der Waals surface area contributed by atoms with Gasteiger partial charge >= 0.3 is 5.97 Å². The van der Waals surface area contributed by atoms with Crippen molar-refractivity contribution < 1.29 is 19.5 Å². The molecule has 1 aliphatic rings. The normalized spacial score (nSPS) is 17.0. The lowest BCUT2D eigenvalue weighted by Gasteiger charge is -2.32. The van der Waals surface area contributed by atoms with E-state index >= 15 is 0 Å². The van der Waals surface area contributed by atoms with Crippen LogP contribution in [0.1, 0.15) is 43.5 Å². The van der Waals surface area contributed by atoms with Gasteiger partial charge in [0.15, 0.2) is 0 Å². The van der Waals surface area contributed by atoms with E-state index in [9.17, 15) is 19.5 Å². The third kappa shape index (κ3) is 4.58. The molecule has 2 amide bonds. The van der Waals surface area contributed by atoms with Crippen LogP contribution in [0.3, 0.4) is 0 Å². The molecule has 0 unspecified atom stereocenters. The van der Waals surface area contributed by atoms with Crippen molar-refractivity contribution in [2.24, 2.45) is 11.8 Å². The minimum atomic E-state index is -1.00. The molecular formula is C23H28N2O4. The molecule has 2 atom stereocenters. The van der Waals surface area contributed by atoms with E-state index in [1.807, 2.05) is 56.3 Å². The minimum absolute atomic E-state index is 0.0244. The van der Waals surface area contributed by atoms with Crippen LogP contribution in [0.4, 0.5) is 0 Å². The van der Waals surface area contributed by atoms with Crippen LogP contribution in [0.2, 0.25) is 0 Å². The zero-order valence-electron chi connectivity index (χ0n) is 16.9. The van der Waals surface area contributed by atoms with Crippen LogP contribution < -0.4 is 5.32 Å². The van der Waals surface area contributed by atoms with Crippen molar-refractivity contribution >= 4 is 28.6 Å². The highest BCUT2D eigenvalue weighted by Gasteiger charge is 2.32. The van der Waals surface area contributed by atoms with Crippen molar-refractivity contribution in [1.82, 2.24) is 10.2 Å². The first-order valence-corrected chi connectivity index (χ1v) is 10.2. The van der Waals surface area contributed by atoms with E-state index in [2.05, 4.69) is 5.32 Å². The summed E-state index contributed by atoms with van der Waals surface area (Å²) in [6.07, 6.45) is 1.75. The number of amides is 2.